The first-order chi connectivity index (χ1) is 9.74. The van der Waals surface area contributed by atoms with Gasteiger partial charge < -0.3 is 5.11 Å². The molecule has 0 aliphatic carbocycles. The summed E-state index contributed by atoms with van der Waals surface area (Å²) in [5.41, 5.74) is -0.990. The molecule has 1 rings (SSSR count). The minimum atomic E-state index is -0.990. The summed E-state index contributed by atoms with van der Waals surface area (Å²) in [4.78, 5) is 11.7. The van der Waals surface area contributed by atoms with Crippen LogP contribution >= 0.6 is 11.8 Å². The molecular formula is C15H21F2NO2S. The van der Waals surface area contributed by atoms with Crippen molar-refractivity contribution in [2.45, 2.75) is 50.1 Å². The van der Waals surface area contributed by atoms with Gasteiger partial charge in [-0.15, -0.1) is 11.8 Å². The Labute approximate surface area is 128 Å². The number of hydrogen-bond donors (Lipinski definition) is 2. The van der Waals surface area contributed by atoms with E-state index in [1.54, 1.807) is 6.92 Å². The van der Waals surface area contributed by atoms with Gasteiger partial charge in [-0.3, -0.25) is 10.1 Å². The number of halogens is 2. The Morgan fingerprint density at radius 1 is 1.43 bits per heavy atom. The van der Waals surface area contributed by atoms with Crippen LogP contribution in [0.4, 0.5) is 8.78 Å². The lowest BCUT2D eigenvalue weighted by Gasteiger charge is -2.28. The molecule has 21 heavy (non-hydrogen) atoms. The molecule has 0 bridgehead atoms. The van der Waals surface area contributed by atoms with Crippen molar-refractivity contribution in [3.05, 3.63) is 29.8 Å². The summed E-state index contributed by atoms with van der Waals surface area (Å²) in [5, 5.41) is 12.3. The Balaban J connectivity index is 2.49. The van der Waals surface area contributed by atoms with E-state index in [0.717, 1.165) is 6.07 Å². The molecule has 0 amide bonds. The highest BCUT2D eigenvalue weighted by Crippen LogP contribution is 2.25. The summed E-state index contributed by atoms with van der Waals surface area (Å²) in [5.74, 6) is -1.50. The summed E-state index contributed by atoms with van der Waals surface area (Å²) in [7, 11) is 0. The van der Waals surface area contributed by atoms with Crippen LogP contribution in [0.15, 0.2) is 23.1 Å². The lowest BCUT2D eigenvalue weighted by molar-refractivity contribution is -0.144. The molecule has 0 spiro atoms. The smallest absolute Gasteiger partial charge is 0.323 e. The fourth-order valence-corrected chi connectivity index (χ4v) is 2.95. The second kappa shape index (κ2) is 7.75. The number of thioether (sulfide) groups is 1. The lowest BCUT2D eigenvalue weighted by atomic mass is 9.95. The van der Waals surface area contributed by atoms with Crippen molar-refractivity contribution < 1.29 is 18.7 Å². The number of benzene rings is 1. The maximum Gasteiger partial charge on any atom is 0.323 e. The maximum absolute atomic E-state index is 13.4. The highest BCUT2D eigenvalue weighted by molar-refractivity contribution is 7.99. The average molecular weight is 317 g/mol. The van der Waals surface area contributed by atoms with E-state index < -0.39 is 23.1 Å². The van der Waals surface area contributed by atoms with Crippen molar-refractivity contribution in [1.29, 1.82) is 0 Å². The lowest BCUT2D eigenvalue weighted by Crippen LogP contribution is -2.52. The van der Waals surface area contributed by atoms with Gasteiger partial charge in [0.15, 0.2) is 0 Å². The number of rotatable bonds is 8. The van der Waals surface area contributed by atoms with E-state index >= 15 is 0 Å². The third kappa shape index (κ3) is 5.63. The summed E-state index contributed by atoms with van der Waals surface area (Å²) in [6.07, 6.45) is 1.06. The summed E-state index contributed by atoms with van der Waals surface area (Å²) in [6, 6.07) is 3.53. The fourth-order valence-electron chi connectivity index (χ4n) is 2.08. The van der Waals surface area contributed by atoms with Gasteiger partial charge in [-0.2, -0.15) is 0 Å². The van der Waals surface area contributed by atoms with Crippen molar-refractivity contribution in [2.75, 3.05) is 5.75 Å². The predicted molar refractivity (Wildman–Crippen MR) is 80.6 cm³/mol. The van der Waals surface area contributed by atoms with E-state index in [1.165, 1.54) is 23.9 Å². The molecule has 0 heterocycles. The molecule has 3 nitrogen and oxygen atoms in total. The number of aliphatic carboxylic acids is 1. The zero-order valence-corrected chi connectivity index (χ0v) is 13.3. The van der Waals surface area contributed by atoms with Crippen molar-refractivity contribution in [3.63, 3.8) is 0 Å². The van der Waals surface area contributed by atoms with E-state index in [4.69, 9.17) is 0 Å². The van der Waals surface area contributed by atoms with Crippen molar-refractivity contribution in [2.24, 2.45) is 0 Å². The highest BCUT2D eigenvalue weighted by Gasteiger charge is 2.32. The maximum atomic E-state index is 13.4. The summed E-state index contributed by atoms with van der Waals surface area (Å²) in [6.45, 7) is 5.44. The molecular weight excluding hydrogens is 296 g/mol. The van der Waals surface area contributed by atoms with E-state index in [9.17, 15) is 18.7 Å². The van der Waals surface area contributed by atoms with Gasteiger partial charge in [-0.05, 0) is 51.5 Å². The van der Waals surface area contributed by atoms with Gasteiger partial charge in [0.2, 0.25) is 0 Å². The topological polar surface area (TPSA) is 49.3 Å². The van der Waals surface area contributed by atoms with Crippen LogP contribution in [0.5, 0.6) is 0 Å². The fraction of sp³-hybridized carbons (Fsp3) is 0.533. The molecule has 118 valence electrons. The van der Waals surface area contributed by atoms with Gasteiger partial charge in [0.1, 0.15) is 17.2 Å². The molecule has 1 aromatic rings. The molecule has 2 N–H and O–H groups in total. The number of carboxylic acids is 1. The Morgan fingerprint density at radius 3 is 2.62 bits per heavy atom. The van der Waals surface area contributed by atoms with E-state index in [0.29, 0.717) is 23.5 Å². The molecule has 0 saturated carbocycles. The first-order valence-corrected chi connectivity index (χ1v) is 7.82. The molecule has 1 unspecified atom stereocenters. The van der Waals surface area contributed by atoms with E-state index in [2.05, 4.69) is 5.32 Å². The number of hydrogen-bond acceptors (Lipinski definition) is 3. The second-order valence-electron chi connectivity index (χ2n) is 5.46. The number of carbonyl (C=O) groups is 1. The molecule has 0 aromatic heterocycles. The number of nitrogens with one attached hydrogen (secondary N) is 1. The Morgan fingerprint density at radius 2 is 2.10 bits per heavy atom. The van der Waals surface area contributed by atoms with Crippen molar-refractivity contribution >= 4 is 17.7 Å². The van der Waals surface area contributed by atoms with E-state index in [-0.39, 0.29) is 6.04 Å². The third-order valence-electron chi connectivity index (χ3n) is 3.05. The zero-order chi connectivity index (χ0) is 16.0. The molecule has 0 aliphatic rings. The highest BCUT2D eigenvalue weighted by atomic mass is 32.2. The van der Waals surface area contributed by atoms with Crippen molar-refractivity contribution in [1.82, 2.24) is 5.32 Å². The van der Waals surface area contributed by atoms with Crippen LogP contribution in [0.2, 0.25) is 0 Å². The molecule has 0 fully saturated rings. The van der Waals surface area contributed by atoms with Crippen LogP contribution in [0.25, 0.3) is 0 Å². The Kier molecular flexibility index (Phi) is 6.61. The standard InChI is InChI=1S/C15H21F2NO2S/c1-10(2)18-15(3,14(19)20)7-4-8-21-13-6-5-11(16)9-12(13)17/h5-6,9-10,18H,4,7-8H2,1-3H3,(H,19,20). The Hall–Kier alpha value is -1.14. The molecule has 0 aliphatic heterocycles. The molecule has 0 saturated heterocycles. The van der Waals surface area contributed by atoms with Gasteiger partial charge in [-0.25, -0.2) is 8.78 Å². The zero-order valence-electron chi connectivity index (χ0n) is 12.5. The summed E-state index contributed by atoms with van der Waals surface area (Å²) >= 11 is 1.26. The SMILES string of the molecule is CC(C)NC(C)(CCCSc1ccc(F)cc1F)C(=O)O. The second-order valence-corrected chi connectivity index (χ2v) is 6.60. The molecule has 1 aromatic carbocycles. The van der Waals surface area contributed by atoms with Crippen LogP contribution in [0, 0.1) is 11.6 Å². The van der Waals surface area contributed by atoms with Gasteiger partial charge in [-0.1, -0.05) is 0 Å². The first-order valence-electron chi connectivity index (χ1n) is 6.83. The Bertz CT molecular complexity index is 497. The largest absolute Gasteiger partial charge is 0.480 e. The van der Waals surface area contributed by atoms with E-state index in [1.807, 2.05) is 13.8 Å². The minimum Gasteiger partial charge on any atom is -0.480 e. The van der Waals surface area contributed by atoms with Crippen LogP contribution < -0.4 is 5.32 Å². The monoisotopic (exact) mass is 317 g/mol. The van der Waals surface area contributed by atoms with Crippen LogP contribution in [0.3, 0.4) is 0 Å². The van der Waals surface area contributed by atoms with Crippen LogP contribution in [-0.4, -0.2) is 28.4 Å². The van der Waals surface area contributed by atoms with Crippen LogP contribution in [-0.2, 0) is 4.79 Å². The normalized spacial score (nSPS) is 14.2. The molecule has 1 atom stereocenters. The third-order valence-corrected chi connectivity index (χ3v) is 4.19. The predicted octanol–water partition coefficient (Wildman–Crippen LogP) is 3.68. The van der Waals surface area contributed by atoms with Gasteiger partial charge in [0, 0.05) is 17.0 Å². The molecule has 6 heteroatoms. The molecule has 0 radical (unpaired) electrons. The van der Waals surface area contributed by atoms with Gasteiger partial charge in [0.25, 0.3) is 0 Å². The first kappa shape index (κ1) is 17.9. The van der Waals surface area contributed by atoms with Crippen molar-refractivity contribution in [3.8, 4) is 0 Å². The number of carboxylic acid groups (broad SMARTS) is 1. The van der Waals surface area contributed by atoms with Crippen LogP contribution in [0.1, 0.15) is 33.6 Å². The average Bonchev–Trinajstić information content (AvgIpc) is 2.35. The van der Waals surface area contributed by atoms with Gasteiger partial charge >= 0.3 is 5.97 Å². The van der Waals surface area contributed by atoms with Gasteiger partial charge in [0.05, 0.1) is 0 Å². The summed E-state index contributed by atoms with van der Waals surface area (Å²) < 4.78 is 26.2. The minimum absolute atomic E-state index is 0.0632. The quantitative estimate of drug-likeness (QED) is 0.567.